The summed E-state index contributed by atoms with van der Waals surface area (Å²) in [4.78, 5) is 12.2. The van der Waals surface area contributed by atoms with Crippen molar-refractivity contribution in [2.45, 2.75) is 17.0 Å². The molecule has 26 heavy (non-hydrogen) atoms. The van der Waals surface area contributed by atoms with Crippen molar-refractivity contribution in [1.29, 1.82) is 0 Å². The van der Waals surface area contributed by atoms with E-state index in [9.17, 15) is 13.2 Å². The number of ketones is 1. The fraction of sp³-hybridized carbons (Fsp3) is 0.118. The summed E-state index contributed by atoms with van der Waals surface area (Å²) in [5, 5.41) is 13.1. The number of sulfonamides is 1. The van der Waals surface area contributed by atoms with Gasteiger partial charge in [0, 0.05) is 11.1 Å². The highest BCUT2D eigenvalue weighted by molar-refractivity contribution is 7.99. The molecule has 0 atom stereocenters. The van der Waals surface area contributed by atoms with E-state index in [0.717, 1.165) is 17.3 Å². The number of aryl methyl sites for hydroxylation is 1. The lowest BCUT2D eigenvalue weighted by Crippen LogP contribution is -2.11. The maximum atomic E-state index is 12.2. The molecule has 0 aliphatic carbocycles. The number of Topliss-reactive ketones (excluding diaryl/α,β-unsaturated/α-hetero) is 1. The van der Waals surface area contributed by atoms with Crippen LogP contribution in [0.15, 0.2) is 63.1 Å². The van der Waals surface area contributed by atoms with Gasteiger partial charge in [-0.2, -0.15) is 0 Å². The molecule has 0 aliphatic rings. The van der Waals surface area contributed by atoms with E-state index in [1.54, 1.807) is 12.1 Å². The molecule has 1 aromatic heterocycles. The molecule has 0 fully saturated rings. The SMILES string of the molecule is Cc1ccc(C(=O)CSc2nnc(-c3ccc(S(N)(=O)=O)cc3)o2)cc1. The zero-order chi connectivity index (χ0) is 18.7. The van der Waals surface area contributed by atoms with E-state index in [1.807, 2.05) is 19.1 Å². The molecule has 0 aliphatic heterocycles. The molecule has 0 saturated heterocycles. The van der Waals surface area contributed by atoms with Gasteiger partial charge in [0.25, 0.3) is 5.22 Å². The molecule has 9 heteroatoms. The van der Waals surface area contributed by atoms with Crippen molar-refractivity contribution >= 4 is 27.6 Å². The first-order valence-electron chi connectivity index (χ1n) is 7.52. The van der Waals surface area contributed by atoms with Crippen LogP contribution in [0.25, 0.3) is 11.5 Å². The van der Waals surface area contributed by atoms with Gasteiger partial charge in [-0.05, 0) is 31.2 Å². The number of primary sulfonamides is 1. The maximum absolute atomic E-state index is 12.2. The lowest BCUT2D eigenvalue weighted by molar-refractivity contribution is 0.102. The first-order valence-corrected chi connectivity index (χ1v) is 10.1. The van der Waals surface area contributed by atoms with Crippen LogP contribution in [0.1, 0.15) is 15.9 Å². The number of aromatic nitrogens is 2. The van der Waals surface area contributed by atoms with Crippen molar-refractivity contribution in [3.8, 4) is 11.5 Å². The summed E-state index contributed by atoms with van der Waals surface area (Å²) < 4.78 is 28.0. The van der Waals surface area contributed by atoms with Crippen molar-refractivity contribution in [2.75, 3.05) is 5.75 Å². The largest absolute Gasteiger partial charge is 0.411 e. The number of thioether (sulfide) groups is 1. The molecule has 0 radical (unpaired) electrons. The van der Waals surface area contributed by atoms with Crippen LogP contribution in [0.2, 0.25) is 0 Å². The third kappa shape index (κ3) is 4.37. The molecular formula is C17H15N3O4S2. The Morgan fingerprint density at radius 1 is 1.08 bits per heavy atom. The number of rotatable bonds is 6. The van der Waals surface area contributed by atoms with E-state index in [-0.39, 0.29) is 27.5 Å². The average molecular weight is 389 g/mol. The molecule has 0 saturated carbocycles. The van der Waals surface area contributed by atoms with Crippen LogP contribution in [0.3, 0.4) is 0 Å². The average Bonchev–Trinajstić information content (AvgIpc) is 3.09. The van der Waals surface area contributed by atoms with E-state index in [4.69, 9.17) is 9.56 Å². The summed E-state index contributed by atoms with van der Waals surface area (Å²) in [6, 6.07) is 13.1. The Labute approximate surface area is 154 Å². The van der Waals surface area contributed by atoms with Gasteiger partial charge in [-0.25, -0.2) is 13.6 Å². The molecule has 2 N–H and O–H groups in total. The lowest BCUT2D eigenvalue weighted by Gasteiger charge is -2.00. The summed E-state index contributed by atoms with van der Waals surface area (Å²) in [5.74, 6) is 0.373. The maximum Gasteiger partial charge on any atom is 0.277 e. The van der Waals surface area contributed by atoms with Crippen molar-refractivity contribution in [3.05, 3.63) is 59.7 Å². The molecular weight excluding hydrogens is 374 g/mol. The first kappa shape index (κ1) is 18.3. The number of hydrogen-bond donors (Lipinski definition) is 1. The molecule has 3 aromatic rings. The number of nitrogens with zero attached hydrogens (tertiary/aromatic N) is 2. The van der Waals surface area contributed by atoms with Crippen molar-refractivity contribution < 1.29 is 17.6 Å². The second-order valence-corrected chi connectivity index (χ2v) is 8.01. The molecule has 2 aromatic carbocycles. The van der Waals surface area contributed by atoms with Crippen LogP contribution >= 0.6 is 11.8 Å². The van der Waals surface area contributed by atoms with Crippen molar-refractivity contribution in [2.24, 2.45) is 5.14 Å². The fourth-order valence-electron chi connectivity index (χ4n) is 2.12. The summed E-state index contributed by atoms with van der Waals surface area (Å²) >= 11 is 1.14. The van der Waals surface area contributed by atoms with E-state index in [0.29, 0.717) is 11.1 Å². The zero-order valence-corrected chi connectivity index (χ0v) is 15.4. The molecule has 1 heterocycles. The molecule has 0 spiro atoms. The summed E-state index contributed by atoms with van der Waals surface area (Å²) in [6.45, 7) is 1.96. The van der Waals surface area contributed by atoms with E-state index in [1.165, 1.54) is 24.3 Å². The minimum absolute atomic E-state index is 0.000872. The predicted molar refractivity (Wildman–Crippen MR) is 97.3 cm³/mol. The van der Waals surface area contributed by atoms with Crippen LogP contribution in [0, 0.1) is 6.92 Å². The smallest absolute Gasteiger partial charge is 0.277 e. The Bertz CT molecular complexity index is 1030. The van der Waals surface area contributed by atoms with Gasteiger partial charge in [-0.1, -0.05) is 41.6 Å². The summed E-state index contributed by atoms with van der Waals surface area (Å²) in [7, 11) is -3.75. The van der Waals surface area contributed by atoms with Crippen LogP contribution in [0.5, 0.6) is 0 Å². The fourth-order valence-corrected chi connectivity index (χ4v) is 3.30. The number of hydrogen-bond acceptors (Lipinski definition) is 7. The lowest BCUT2D eigenvalue weighted by atomic mass is 10.1. The molecule has 0 unspecified atom stereocenters. The standard InChI is InChI=1S/C17H15N3O4S2/c1-11-2-4-12(5-3-11)15(21)10-25-17-20-19-16(24-17)13-6-8-14(9-7-13)26(18,22)23/h2-9H,10H2,1H3,(H2,18,22,23). The quantitative estimate of drug-likeness (QED) is 0.509. The van der Waals surface area contributed by atoms with E-state index < -0.39 is 10.0 Å². The minimum atomic E-state index is -3.75. The van der Waals surface area contributed by atoms with E-state index >= 15 is 0 Å². The third-order valence-corrected chi connectivity index (χ3v) is 5.28. The Balaban J connectivity index is 1.66. The number of carbonyl (C=O) groups is 1. The van der Waals surface area contributed by atoms with E-state index in [2.05, 4.69) is 10.2 Å². The van der Waals surface area contributed by atoms with Gasteiger partial charge in [-0.3, -0.25) is 4.79 Å². The number of benzene rings is 2. The molecule has 134 valence electrons. The van der Waals surface area contributed by atoms with Gasteiger partial charge in [0.15, 0.2) is 5.78 Å². The van der Waals surface area contributed by atoms with Gasteiger partial charge in [0.1, 0.15) is 0 Å². The van der Waals surface area contributed by atoms with Gasteiger partial charge in [0.2, 0.25) is 15.9 Å². The highest BCUT2D eigenvalue weighted by Crippen LogP contribution is 2.24. The Morgan fingerprint density at radius 2 is 1.73 bits per heavy atom. The van der Waals surface area contributed by atoms with Crippen LogP contribution in [-0.4, -0.2) is 30.2 Å². The monoisotopic (exact) mass is 389 g/mol. The summed E-state index contributed by atoms with van der Waals surface area (Å²) in [5.41, 5.74) is 2.27. The highest BCUT2D eigenvalue weighted by atomic mass is 32.2. The van der Waals surface area contributed by atoms with Gasteiger partial charge in [-0.15, -0.1) is 10.2 Å². The Kier molecular flexibility index (Phi) is 5.21. The molecule has 3 rings (SSSR count). The normalized spacial score (nSPS) is 11.5. The van der Waals surface area contributed by atoms with Crippen molar-refractivity contribution in [3.63, 3.8) is 0 Å². The Hall–Kier alpha value is -2.49. The molecule has 0 amide bonds. The highest BCUT2D eigenvalue weighted by Gasteiger charge is 2.14. The minimum Gasteiger partial charge on any atom is -0.411 e. The first-order chi connectivity index (χ1) is 12.3. The van der Waals surface area contributed by atoms with Crippen LogP contribution in [0.4, 0.5) is 0 Å². The zero-order valence-electron chi connectivity index (χ0n) is 13.7. The van der Waals surface area contributed by atoms with Gasteiger partial charge < -0.3 is 4.42 Å². The topological polar surface area (TPSA) is 116 Å². The van der Waals surface area contributed by atoms with Gasteiger partial charge in [0.05, 0.1) is 10.6 Å². The number of nitrogens with two attached hydrogens (primary N) is 1. The van der Waals surface area contributed by atoms with Crippen LogP contribution in [-0.2, 0) is 10.0 Å². The summed E-state index contributed by atoms with van der Waals surface area (Å²) in [6.07, 6.45) is 0. The Morgan fingerprint density at radius 3 is 2.35 bits per heavy atom. The molecule has 0 bridgehead atoms. The third-order valence-electron chi connectivity index (χ3n) is 3.54. The second-order valence-electron chi connectivity index (χ2n) is 5.52. The van der Waals surface area contributed by atoms with Crippen LogP contribution < -0.4 is 5.14 Å². The second kappa shape index (κ2) is 7.40. The number of carbonyl (C=O) groups excluding carboxylic acids is 1. The van der Waals surface area contributed by atoms with Crippen molar-refractivity contribution in [1.82, 2.24) is 10.2 Å². The van der Waals surface area contributed by atoms with Gasteiger partial charge >= 0.3 is 0 Å². The molecule has 7 nitrogen and oxygen atoms in total. The predicted octanol–water partition coefficient (Wildman–Crippen LogP) is 2.67.